The minimum absolute atomic E-state index is 0.0303. The van der Waals surface area contributed by atoms with Gasteiger partial charge in [-0.25, -0.2) is 0 Å². The molecule has 4 aliphatic heterocycles. The third-order valence-electron chi connectivity index (χ3n) is 20.5. The van der Waals surface area contributed by atoms with Crippen LogP contribution in [0.5, 0.6) is 0 Å². The summed E-state index contributed by atoms with van der Waals surface area (Å²) in [5.41, 5.74) is -21.4. The van der Waals surface area contributed by atoms with Gasteiger partial charge in [0.15, 0.2) is 57.5 Å². The second kappa shape index (κ2) is 18.2. The first kappa shape index (κ1) is 57.0. The summed E-state index contributed by atoms with van der Waals surface area (Å²) in [6.07, 6.45) is -4.39. The van der Waals surface area contributed by atoms with E-state index in [0.29, 0.717) is 79.8 Å². The fourth-order valence-corrected chi connectivity index (χ4v) is 16.8. The normalized spacial score (nSPS) is 51.8. The van der Waals surface area contributed by atoms with Gasteiger partial charge in [-0.2, -0.15) is 0 Å². The summed E-state index contributed by atoms with van der Waals surface area (Å²) < 4.78 is 37.8. The molecule has 0 radical (unpaired) electrons. The average Bonchev–Trinajstić information content (AvgIpc) is 3.76. The van der Waals surface area contributed by atoms with Crippen molar-refractivity contribution in [2.45, 2.75) is 210 Å². The van der Waals surface area contributed by atoms with Crippen molar-refractivity contribution in [3.8, 4) is 0 Å². The van der Waals surface area contributed by atoms with E-state index in [1.807, 2.05) is 0 Å². The van der Waals surface area contributed by atoms with Crippen molar-refractivity contribution in [1.82, 2.24) is 0 Å². The number of carbonyl (C=O) groups is 8. The maximum Gasteiger partial charge on any atom is 0.271 e. The van der Waals surface area contributed by atoms with E-state index < -0.39 is 129 Å². The second-order valence-electron chi connectivity index (χ2n) is 24.1. The van der Waals surface area contributed by atoms with E-state index in [1.54, 1.807) is 0 Å². The molecule has 8 aliphatic rings. The number of ether oxygens (including phenoxy) is 6. The smallest absolute Gasteiger partial charge is 0.271 e. The molecule has 4 aliphatic carbocycles. The molecule has 8 fully saturated rings. The maximum absolute atomic E-state index is 14.9. The predicted molar refractivity (Wildman–Crippen MR) is 251 cm³/mol. The molecule has 74 heavy (non-hydrogen) atoms. The van der Waals surface area contributed by atoms with Crippen LogP contribution in [0, 0.1) is 52.3 Å². The molecule has 4 saturated heterocycles. The lowest BCUT2D eigenvalue weighted by Gasteiger charge is -2.66. The van der Waals surface area contributed by atoms with E-state index in [9.17, 15) is 74.1 Å². The molecule has 4 heterocycles. The van der Waals surface area contributed by atoms with Gasteiger partial charge >= 0.3 is 0 Å². The maximum atomic E-state index is 14.9. The average molecular weight is 1050 g/mol. The summed E-state index contributed by atoms with van der Waals surface area (Å²) in [4.78, 5) is 114. The van der Waals surface area contributed by atoms with Crippen molar-refractivity contribution >= 4 is 46.3 Å². The Balaban J connectivity index is 1.17. The lowest BCUT2D eigenvalue weighted by Crippen LogP contribution is -2.94. The van der Waals surface area contributed by atoms with Crippen molar-refractivity contribution in [2.75, 3.05) is 19.8 Å². The molecular formula is C53H76O21. The summed E-state index contributed by atoms with van der Waals surface area (Å²) in [5, 5.41) is 83.8. The zero-order chi connectivity index (χ0) is 55.3. The number of rotatable bonds is 13. The van der Waals surface area contributed by atoms with Gasteiger partial charge in [-0.05, 0) is 120 Å². The quantitative estimate of drug-likeness (QED) is 0.122. The predicted octanol–water partition coefficient (Wildman–Crippen LogP) is 0.336. The number of aliphatic hydroxyl groups excluding tert-OH is 3. The molecule has 0 bridgehead atoms. The van der Waals surface area contributed by atoms with Crippen LogP contribution >= 0.6 is 0 Å². The Morgan fingerprint density at radius 2 is 1.27 bits per heavy atom. The number of Topliss-reactive ketones (excluding diaryl/α,β-unsaturated/α-hetero) is 8. The number of hydrogen-bond acceptors (Lipinski definition) is 21. The van der Waals surface area contributed by atoms with Gasteiger partial charge in [0, 0.05) is 38.5 Å². The van der Waals surface area contributed by atoms with Crippen molar-refractivity contribution in [3.05, 3.63) is 0 Å². The van der Waals surface area contributed by atoms with E-state index in [-0.39, 0.29) is 65.7 Å². The number of aliphatic hydroxyl groups is 7. The Bertz CT molecular complexity index is 2400. The van der Waals surface area contributed by atoms with E-state index in [1.165, 1.54) is 0 Å². The Hall–Kier alpha value is -3.16. The van der Waals surface area contributed by atoms with Crippen LogP contribution in [0.25, 0.3) is 0 Å². The Morgan fingerprint density at radius 3 is 1.77 bits per heavy atom. The fraction of sp³-hybridized carbons (Fsp3) is 0.849. The fourth-order valence-electron chi connectivity index (χ4n) is 16.8. The number of fused-ring (bicyclic) bond motifs is 7. The molecule has 8 rings (SSSR count). The molecule has 4 saturated carbocycles. The van der Waals surface area contributed by atoms with Crippen LogP contribution in [0.2, 0.25) is 0 Å². The number of ketones is 8. The van der Waals surface area contributed by atoms with E-state index in [0.717, 1.165) is 26.2 Å². The first-order valence-corrected chi connectivity index (χ1v) is 26.1. The van der Waals surface area contributed by atoms with Crippen molar-refractivity contribution in [2.24, 2.45) is 52.3 Å². The van der Waals surface area contributed by atoms with E-state index >= 15 is 0 Å². The highest BCUT2D eigenvalue weighted by molar-refractivity contribution is 6.10. The van der Waals surface area contributed by atoms with Gasteiger partial charge in [-0.1, -0.05) is 27.7 Å². The minimum Gasteiger partial charge on any atom is -0.394 e. The summed E-state index contributed by atoms with van der Waals surface area (Å²) in [7, 11) is 0. The number of hydrogen-bond donors (Lipinski definition) is 7. The Labute approximate surface area is 429 Å². The third-order valence-corrected chi connectivity index (χ3v) is 20.5. The van der Waals surface area contributed by atoms with Crippen LogP contribution < -0.4 is 0 Å². The van der Waals surface area contributed by atoms with Crippen LogP contribution in [0.15, 0.2) is 0 Å². The highest BCUT2D eigenvalue weighted by Gasteiger charge is 2.89. The van der Waals surface area contributed by atoms with Crippen LogP contribution in [0.1, 0.15) is 134 Å². The molecule has 0 amide bonds. The lowest BCUT2D eigenvalue weighted by atomic mass is 9.44. The second-order valence-corrected chi connectivity index (χ2v) is 24.1. The first-order chi connectivity index (χ1) is 34.2. The van der Waals surface area contributed by atoms with Gasteiger partial charge in [0.2, 0.25) is 16.8 Å². The summed E-state index contributed by atoms with van der Waals surface area (Å²) in [6.45, 7) is 10.3. The molecule has 7 N–H and O–H groups in total. The van der Waals surface area contributed by atoms with Gasteiger partial charge in [-0.15, -0.1) is 0 Å². The van der Waals surface area contributed by atoms with Crippen molar-refractivity contribution in [1.29, 1.82) is 0 Å². The highest BCUT2D eigenvalue weighted by atomic mass is 16.8. The first-order valence-electron chi connectivity index (χ1n) is 26.1. The molecule has 414 valence electrons. The molecule has 0 aromatic rings. The van der Waals surface area contributed by atoms with Crippen molar-refractivity contribution < 1.29 is 103 Å². The standard InChI is InChI=1S/C53H76O21/c1-24-14-17-46(69-23-24)25(2)41-38(71-46)19-36-35-13-12-33-18-34(15-16-44(33,10)42(35)37(63)20-45(36,41)11)70-52(31(8)61)51(68,30(7)60)50(67,29(6)59)48(27(4)57,40(22-55)73-52)74-53(32(9)62)49(66,28(5)58)47(65,26(3)56)43(64)39(21-54)72-53/h24-25,33-36,38-43,54-55,64-68H,12-23H2,1-11H3/t24-,25+,33+,34+,35+,36+,38+,39-,40-,41+,42-,43+,44+,45+,46-,47+,48-,49-,50+,51-,52-,53+/m1/s1. The molecule has 22 atom stereocenters. The minimum atomic E-state index is -4.29. The van der Waals surface area contributed by atoms with Crippen LogP contribution in [0.3, 0.4) is 0 Å². The monoisotopic (exact) mass is 1050 g/mol. The van der Waals surface area contributed by atoms with Crippen LogP contribution in [0.4, 0.5) is 0 Å². The molecule has 0 aromatic carbocycles. The third kappa shape index (κ3) is 6.80. The van der Waals surface area contributed by atoms with E-state index in [2.05, 4.69) is 27.7 Å². The van der Waals surface area contributed by atoms with Gasteiger partial charge in [0.1, 0.15) is 24.1 Å². The topological polar surface area (TPSA) is 334 Å². The Morgan fingerprint density at radius 1 is 0.662 bits per heavy atom. The zero-order valence-corrected chi connectivity index (χ0v) is 44.3. The molecule has 0 aromatic heterocycles. The summed E-state index contributed by atoms with van der Waals surface area (Å²) in [6, 6.07) is 0. The zero-order valence-electron chi connectivity index (χ0n) is 44.3. The van der Waals surface area contributed by atoms with Crippen LogP contribution in [-0.2, 0) is 66.8 Å². The van der Waals surface area contributed by atoms with Gasteiger partial charge < -0.3 is 64.2 Å². The summed E-state index contributed by atoms with van der Waals surface area (Å²) >= 11 is 0. The lowest BCUT2D eigenvalue weighted by molar-refractivity contribution is -0.456. The number of carbonyl (C=O) groups excluding carboxylic acids is 8. The molecule has 21 nitrogen and oxygen atoms in total. The van der Waals surface area contributed by atoms with Gasteiger partial charge in [-0.3, -0.25) is 38.4 Å². The summed E-state index contributed by atoms with van der Waals surface area (Å²) in [5.74, 6) is -19.6. The van der Waals surface area contributed by atoms with Crippen molar-refractivity contribution in [3.63, 3.8) is 0 Å². The Kier molecular flexibility index (Phi) is 14.0. The van der Waals surface area contributed by atoms with Gasteiger partial charge in [0.25, 0.3) is 11.6 Å². The molecule has 0 unspecified atom stereocenters. The largest absolute Gasteiger partial charge is 0.394 e. The molecular weight excluding hydrogens is 973 g/mol. The highest BCUT2D eigenvalue weighted by Crippen LogP contribution is 2.71. The molecule has 21 heteroatoms. The van der Waals surface area contributed by atoms with E-state index in [4.69, 9.17) is 28.4 Å². The SMILES string of the molecule is CC(=O)[C@@]1(O[C@H]2CC[C@@]3(C)[C@@H](CC[C@H]4[C@@H]5C[C@@H]6O[C@]7(CC[C@@H](C)CO7)[C@@H](C)[C@@H]6[C@@]5(C)CC(=O)[C@@H]43)C2)O[C@H](CO)[C@](O[C@]2(C(C)=O)O[C@H](CO)[C@H](O)[C@@](O)(C(C)=O)[C@]2(O)C(C)=O)(C(C)=O)[C@@](O)(C(C)=O)[C@]1(O)C(C)=O. The van der Waals surface area contributed by atoms with Crippen LogP contribution in [-0.4, -0.2) is 178 Å². The van der Waals surface area contributed by atoms with Gasteiger partial charge in [0.05, 0.1) is 32.0 Å². The molecule has 1 spiro atoms.